The molecule has 0 unspecified atom stereocenters. The Hall–Kier alpha value is -2.09. The van der Waals surface area contributed by atoms with Gasteiger partial charge in [-0.3, -0.25) is 9.48 Å². The number of nitrogens with one attached hydrogen (secondary N) is 1. The molecule has 0 spiro atoms. The van der Waals surface area contributed by atoms with E-state index in [1.165, 1.54) is 0 Å². The third-order valence-corrected chi connectivity index (χ3v) is 5.11. The maximum atomic E-state index is 12.6. The van der Waals surface area contributed by atoms with Gasteiger partial charge in [-0.2, -0.15) is 5.10 Å². The predicted octanol–water partition coefficient (Wildman–Crippen LogP) is 1.19. The standard InChI is InChI=1S/C18H29N5O3/c1-13(2)15-12-16(21(3)20-15)17(24)19-14-4-6-22(7-5-14)18(25)23-8-10-26-11-9-23/h12-14H,4-11H2,1-3H3,(H,19,24). The molecule has 0 saturated carbocycles. The number of piperidine rings is 1. The summed E-state index contributed by atoms with van der Waals surface area (Å²) in [6.07, 6.45) is 1.55. The lowest BCUT2D eigenvalue weighted by molar-refractivity contribution is 0.0407. The van der Waals surface area contributed by atoms with Crippen LogP contribution < -0.4 is 5.32 Å². The highest BCUT2D eigenvalue weighted by atomic mass is 16.5. The maximum Gasteiger partial charge on any atom is 0.320 e. The van der Waals surface area contributed by atoms with Gasteiger partial charge >= 0.3 is 6.03 Å². The average Bonchev–Trinajstić information content (AvgIpc) is 3.05. The number of aryl methyl sites for hydroxylation is 1. The largest absolute Gasteiger partial charge is 0.378 e. The van der Waals surface area contributed by atoms with Crippen molar-refractivity contribution in [1.29, 1.82) is 0 Å². The van der Waals surface area contributed by atoms with Crippen molar-refractivity contribution in [1.82, 2.24) is 24.9 Å². The number of amides is 3. The number of ether oxygens (including phenoxy) is 1. The van der Waals surface area contributed by atoms with Crippen LogP contribution in [0.4, 0.5) is 4.79 Å². The van der Waals surface area contributed by atoms with E-state index >= 15 is 0 Å². The zero-order valence-corrected chi connectivity index (χ0v) is 15.9. The molecule has 1 aromatic heterocycles. The molecule has 144 valence electrons. The number of hydrogen-bond acceptors (Lipinski definition) is 4. The summed E-state index contributed by atoms with van der Waals surface area (Å²) in [6, 6.07) is 2.04. The molecule has 8 heteroatoms. The van der Waals surface area contributed by atoms with Crippen molar-refractivity contribution in [2.75, 3.05) is 39.4 Å². The molecule has 2 saturated heterocycles. The van der Waals surface area contributed by atoms with Crippen molar-refractivity contribution in [3.8, 4) is 0 Å². The van der Waals surface area contributed by atoms with Crippen LogP contribution >= 0.6 is 0 Å². The molecule has 1 aromatic rings. The molecule has 0 aromatic carbocycles. The van der Waals surface area contributed by atoms with Crippen LogP contribution in [0.1, 0.15) is 48.8 Å². The smallest absolute Gasteiger partial charge is 0.320 e. The molecule has 0 aliphatic carbocycles. The van der Waals surface area contributed by atoms with Gasteiger partial charge in [0.05, 0.1) is 18.9 Å². The Morgan fingerprint density at radius 1 is 1.15 bits per heavy atom. The van der Waals surface area contributed by atoms with Crippen LogP contribution in [0.5, 0.6) is 0 Å². The zero-order chi connectivity index (χ0) is 18.7. The molecule has 3 rings (SSSR count). The van der Waals surface area contributed by atoms with E-state index in [1.54, 1.807) is 11.7 Å². The summed E-state index contributed by atoms with van der Waals surface area (Å²) in [4.78, 5) is 28.8. The van der Waals surface area contributed by atoms with E-state index in [-0.39, 0.29) is 23.9 Å². The highest BCUT2D eigenvalue weighted by molar-refractivity contribution is 5.92. The summed E-state index contributed by atoms with van der Waals surface area (Å²) in [7, 11) is 1.80. The van der Waals surface area contributed by atoms with Gasteiger partial charge in [0.15, 0.2) is 0 Å². The average molecular weight is 363 g/mol. The first kappa shape index (κ1) is 18.7. The van der Waals surface area contributed by atoms with Gasteiger partial charge in [-0.05, 0) is 24.8 Å². The van der Waals surface area contributed by atoms with Gasteiger partial charge in [0.1, 0.15) is 5.69 Å². The third kappa shape index (κ3) is 4.17. The van der Waals surface area contributed by atoms with Crippen LogP contribution in [0.2, 0.25) is 0 Å². The minimum atomic E-state index is -0.0927. The van der Waals surface area contributed by atoms with Crippen LogP contribution in [0.3, 0.4) is 0 Å². The van der Waals surface area contributed by atoms with Gasteiger partial charge in [-0.15, -0.1) is 0 Å². The summed E-state index contributed by atoms with van der Waals surface area (Å²) < 4.78 is 6.94. The molecule has 2 aliphatic rings. The summed E-state index contributed by atoms with van der Waals surface area (Å²) >= 11 is 0. The van der Waals surface area contributed by atoms with E-state index in [4.69, 9.17) is 4.74 Å². The van der Waals surface area contributed by atoms with Crippen molar-refractivity contribution in [3.05, 3.63) is 17.5 Å². The second-order valence-corrected chi connectivity index (χ2v) is 7.35. The molecule has 8 nitrogen and oxygen atoms in total. The lowest BCUT2D eigenvalue weighted by Gasteiger charge is -2.37. The van der Waals surface area contributed by atoms with Crippen molar-refractivity contribution in [2.45, 2.75) is 38.6 Å². The topological polar surface area (TPSA) is 79.7 Å². The molecule has 26 heavy (non-hydrogen) atoms. The number of urea groups is 1. The number of aromatic nitrogens is 2. The highest BCUT2D eigenvalue weighted by Gasteiger charge is 2.28. The highest BCUT2D eigenvalue weighted by Crippen LogP contribution is 2.16. The number of hydrogen-bond donors (Lipinski definition) is 1. The van der Waals surface area contributed by atoms with E-state index in [0.29, 0.717) is 45.1 Å². The van der Waals surface area contributed by atoms with Gasteiger partial charge in [0, 0.05) is 39.3 Å². The Kier molecular flexibility index (Phi) is 5.80. The van der Waals surface area contributed by atoms with Gasteiger partial charge in [-0.1, -0.05) is 13.8 Å². The Morgan fingerprint density at radius 3 is 2.35 bits per heavy atom. The lowest BCUT2D eigenvalue weighted by atomic mass is 10.0. The number of morpholine rings is 1. The SMILES string of the molecule is CC(C)c1cc(C(=O)NC2CCN(C(=O)N3CCOCC3)CC2)n(C)n1. The summed E-state index contributed by atoms with van der Waals surface area (Å²) in [5.74, 6) is 0.196. The molecular weight excluding hydrogens is 334 g/mol. The van der Waals surface area contributed by atoms with Crippen LogP contribution in [-0.4, -0.2) is 77.0 Å². The number of carbonyl (C=O) groups excluding carboxylic acids is 2. The second-order valence-electron chi connectivity index (χ2n) is 7.35. The van der Waals surface area contributed by atoms with E-state index < -0.39 is 0 Å². The first-order chi connectivity index (χ1) is 12.5. The minimum Gasteiger partial charge on any atom is -0.378 e. The Morgan fingerprint density at radius 2 is 1.77 bits per heavy atom. The Labute approximate surface area is 154 Å². The quantitative estimate of drug-likeness (QED) is 0.875. The predicted molar refractivity (Wildman–Crippen MR) is 97.1 cm³/mol. The zero-order valence-electron chi connectivity index (χ0n) is 15.9. The molecule has 2 aliphatic heterocycles. The van der Waals surface area contributed by atoms with Gasteiger partial charge < -0.3 is 19.9 Å². The molecule has 0 atom stereocenters. The Bertz CT molecular complexity index is 643. The first-order valence-corrected chi connectivity index (χ1v) is 9.42. The summed E-state index contributed by atoms with van der Waals surface area (Å²) in [6.45, 7) is 8.01. The van der Waals surface area contributed by atoms with Crippen molar-refractivity contribution in [3.63, 3.8) is 0 Å². The van der Waals surface area contributed by atoms with Crippen molar-refractivity contribution >= 4 is 11.9 Å². The van der Waals surface area contributed by atoms with Crippen LogP contribution in [0, 0.1) is 0 Å². The fourth-order valence-corrected chi connectivity index (χ4v) is 3.41. The van der Waals surface area contributed by atoms with Gasteiger partial charge in [0.2, 0.25) is 0 Å². The Balaban J connectivity index is 1.50. The van der Waals surface area contributed by atoms with Gasteiger partial charge in [0.25, 0.3) is 5.91 Å². The van der Waals surface area contributed by atoms with E-state index in [0.717, 1.165) is 18.5 Å². The molecule has 3 amide bonds. The lowest BCUT2D eigenvalue weighted by Crippen LogP contribution is -2.52. The molecule has 2 fully saturated rings. The molecule has 3 heterocycles. The summed E-state index contributed by atoms with van der Waals surface area (Å²) in [5, 5.41) is 7.49. The first-order valence-electron chi connectivity index (χ1n) is 9.42. The molecular formula is C18H29N5O3. The second kappa shape index (κ2) is 8.07. The van der Waals surface area contributed by atoms with Gasteiger partial charge in [-0.25, -0.2) is 4.79 Å². The van der Waals surface area contributed by atoms with Crippen LogP contribution in [0.15, 0.2) is 6.07 Å². The third-order valence-electron chi connectivity index (χ3n) is 5.11. The minimum absolute atomic E-state index is 0.0892. The fraction of sp³-hybridized carbons (Fsp3) is 0.722. The monoisotopic (exact) mass is 363 g/mol. The van der Waals surface area contributed by atoms with Crippen LogP contribution in [0.25, 0.3) is 0 Å². The number of nitrogens with zero attached hydrogens (tertiary/aromatic N) is 4. The van der Waals surface area contributed by atoms with Crippen LogP contribution in [-0.2, 0) is 11.8 Å². The van der Waals surface area contributed by atoms with E-state index in [1.807, 2.05) is 15.9 Å². The normalized spacial score (nSPS) is 19.1. The summed E-state index contributed by atoms with van der Waals surface area (Å²) in [5.41, 5.74) is 1.50. The van der Waals surface area contributed by atoms with Crippen molar-refractivity contribution < 1.29 is 14.3 Å². The van der Waals surface area contributed by atoms with Crippen molar-refractivity contribution in [2.24, 2.45) is 7.05 Å². The fourth-order valence-electron chi connectivity index (χ4n) is 3.41. The van der Waals surface area contributed by atoms with E-state index in [2.05, 4.69) is 24.3 Å². The number of carbonyl (C=O) groups is 2. The number of likely N-dealkylation sites (tertiary alicyclic amines) is 1. The number of rotatable bonds is 3. The molecule has 0 bridgehead atoms. The van der Waals surface area contributed by atoms with E-state index in [9.17, 15) is 9.59 Å². The molecule has 0 radical (unpaired) electrons. The molecule has 1 N–H and O–H groups in total. The maximum absolute atomic E-state index is 12.6.